The van der Waals surface area contributed by atoms with E-state index in [2.05, 4.69) is 31.2 Å². The largest absolute Gasteiger partial charge is 0.481 e. The minimum atomic E-state index is -0.669. The zero-order valence-corrected chi connectivity index (χ0v) is 15.3. The van der Waals surface area contributed by atoms with Gasteiger partial charge in [-0.1, -0.05) is 82.6 Å². The number of rotatable bonds is 17. The van der Waals surface area contributed by atoms with Crippen molar-refractivity contribution in [1.82, 2.24) is 0 Å². The van der Waals surface area contributed by atoms with Gasteiger partial charge in [0.15, 0.2) is 0 Å². The van der Waals surface area contributed by atoms with Crippen LogP contribution in [0.3, 0.4) is 0 Å². The molecule has 0 aromatic carbocycles. The zero-order chi connectivity index (χ0) is 17.0. The summed E-state index contributed by atoms with van der Waals surface area (Å²) >= 11 is 0. The molecule has 0 fully saturated rings. The van der Waals surface area contributed by atoms with E-state index in [9.17, 15) is 4.79 Å². The molecule has 134 valence electrons. The maximum absolute atomic E-state index is 10.4. The highest BCUT2D eigenvalue weighted by Gasteiger charge is 1.95. The molecule has 0 radical (unpaired) electrons. The number of allylic oxidation sites excluding steroid dienone is 4. The highest BCUT2D eigenvalue weighted by molar-refractivity contribution is 5.66. The number of hydrogen-bond acceptors (Lipinski definition) is 1. The van der Waals surface area contributed by atoms with Crippen LogP contribution in [0.15, 0.2) is 24.3 Å². The van der Waals surface area contributed by atoms with Crippen LogP contribution in [0.5, 0.6) is 0 Å². The van der Waals surface area contributed by atoms with Crippen LogP contribution in [-0.2, 0) is 4.79 Å². The summed E-state index contributed by atoms with van der Waals surface area (Å²) in [6.07, 6.45) is 26.7. The van der Waals surface area contributed by atoms with Crippen LogP contribution in [0.25, 0.3) is 0 Å². The molecule has 0 aliphatic rings. The Morgan fingerprint density at radius 3 is 1.70 bits per heavy atom. The van der Waals surface area contributed by atoms with Gasteiger partial charge in [0.1, 0.15) is 0 Å². The van der Waals surface area contributed by atoms with Gasteiger partial charge in [-0.25, -0.2) is 0 Å². The molecule has 23 heavy (non-hydrogen) atoms. The van der Waals surface area contributed by atoms with Gasteiger partial charge in [0.2, 0.25) is 0 Å². The van der Waals surface area contributed by atoms with Gasteiger partial charge < -0.3 is 5.11 Å². The molecule has 0 heterocycles. The van der Waals surface area contributed by atoms with Gasteiger partial charge >= 0.3 is 5.97 Å². The lowest BCUT2D eigenvalue weighted by molar-refractivity contribution is -0.137. The van der Waals surface area contributed by atoms with Gasteiger partial charge in [-0.05, 0) is 38.5 Å². The molecule has 2 nitrogen and oxygen atoms in total. The highest BCUT2D eigenvalue weighted by Crippen LogP contribution is 2.09. The number of hydrogen-bond donors (Lipinski definition) is 1. The standard InChI is InChI=1S/C21H38O2/c1-2-3-4-5-6-7-8-9-10-11-12-13-14-15-16-17-18-19-20-21(22)23/h9-10,12-13H,2-8,11,14-20H2,1H3,(H,22,23). The van der Waals surface area contributed by atoms with E-state index in [1.807, 2.05) is 0 Å². The fraction of sp³-hybridized carbons (Fsp3) is 0.762. The Kier molecular flexibility index (Phi) is 18.1. The second-order valence-corrected chi connectivity index (χ2v) is 6.44. The topological polar surface area (TPSA) is 37.3 Å². The van der Waals surface area contributed by atoms with Gasteiger partial charge in [0.25, 0.3) is 0 Å². The first kappa shape index (κ1) is 21.9. The Labute approximate surface area is 144 Å². The summed E-state index contributed by atoms with van der Waals surface area (Å²) in [6.45, 7) is 2.26. The quantitative estimate of drug-likeness (QED) is 0.230. The molecule has 0 saturated carbocycles. The van der Waals surface area contributed by atoms with Gasteiger partial charge in [-0.3, -0.25) is 4.79 Å². The lowest BCUT2D eigenvalue weighted by atomic mass is 10.1. The van der Waals surface area contributed by atoms with E-state index in [0.717, 1.165) is 25.7 Å². The average molecular weight is 323 g/mol. The minimum Gasteiger partial charge on any atom is -0.481 e. The molecular formula is C21H38O2. The van der Waals surface area contributed by atoms with Crippen molar-refractivity contribution in [1.29, 1.82) is 0 Å². The molecule has 0 atom stereocenters. The van der Waals surface area contributed by atoms with E-state index in [0.29, 0.717) is 6.42 Å². The van der Waals surface area contributed by atoms with Crippen LogP contribution in [0.2, 0.25) is 0 Å². The molecule has 0 aromatic rings. The summed E-state index contributed by atoms with van der Waals surface area (Å²) in [4.78, 5) is 10.4. The van der Waals surface area contributed by atoms with Crippen LogP contribution in [0.4, 0.5) is 0 Å². The third-order valence-electron chi connectivity index (χ3n) is 4.09. The SMILES string of the molecule is CCCCCCCCC=CCC=CCCCCCCCC(=O)O. The molecule has 0 unspecified atom stereocenters. The van der Waals surface area contributed by atoms with Gasteiger partial charge in [-0.2, -0.15) is 0 Å². The summed E-state index contributed by atoms with van der Waals surface area (Å²) in [7, 11) is 0. The molecule has 0 spiro atoms. The third-order valence-corrected chi connectivity index (χ3v) is 4.09. The van der Waals surface area contributed by atoms with Crippen molar-refractivity contribution < 1.29 is 9.90 Å². The van der Waals surface area contributed by atoms with Gasteiger partial charge in [-0.15, -0.1) is 0 Å². The minimum absolute atomic E-state index is 0.324. The summed E-state index contributed by atoms with van der Waals surface area (Å²) in [5.74, 6) is -0.669. The summed E-state index contributed by atoms with van der Waals surface area (Å²) in [5.41, 5.74) is 0. The van der Waals surface area contributed by atoms with E-state index in [4.69, 9.17) is 5.11 Å². The molecule has 0 aliphatic carbocycles. The van der Waals surface area contributed by atoms with Gasteiger partial charge in [0, 0.05) is 6.42 Å². The van der Waals surface area contributed by atoms with Crippen LogP contribution in [-0.4, -0.2) is 11.1 Å². The Balaban J connectivity index is 3.18. The fourth-order valence-electron chi connectivity index (χ4n) is 2.62. The van der Waals surface area contributed by atoms with Crippen LogP contribution < -0.4 is 0 Å². The molecular weight excluding hydrogens is 284 g/mol. The maximum Gasteiger partial charge on any atom is 0.303 e. The molecule has 0 bridgehead atoms. The highest BCUT2D eigenvalue weighted by atomic mass is 16.4. The van der Waals surface area contributed by atoms with E-state index in [1.165, 1.54) is 64.2 Å². The molecule has 0 aromatic heterocycles. The van der Waals surface area contributed by atoms with Crippen molar-refractivity contribution in [2.24, 2.45) is 0 Å². The molecule has 2 heteroatoms. The first-order valence-electron chi connectivity index (χ1n) is 9.79. The van der Waals surface area contributed by atoms with Gasteiger partial charge in [0.05, 0.1) is 0 Å². The van der Waals surface area contributed by atoms with E-state index < -0.39 is 5.97 Å². The number of unbranched alkanes of at least 4 members (excludes halogenated alkanes) is 11. The Hall–Kier alpha value is -1.05. The van der Waals surface area contributed by atoms with Crippen molar-refractivity contribution in [3.63, 3.8) is 0 Å². The monoisotopic (exact) mass is 322 g/mol. The first-order valence-corrected chi connectivity index (χ1v) is 9.79. The van der Waals surface area contributed by atoms with Crippen LogP contribution in [0.1, 0.15) is 103 Å². The fourth-order valence-corrected chi connectivity index (χ4v) is 2.62. The normalized spacial score (nSPS) is 11.7. The van der Waals surface area contributed by atoms with E-state index >= 15 is 0 Å². The second-order valence-electron chi connectivity index (χ2n) is 6.44. The van der Waals surface area contributed by atoms with E-state index in [1.54, 1.807) is 0 Å². The maximum atomic E-state index is 10.4. The van der Waals surface area contributed by atoms with Crippen molar-refractivity contribution >= 4 is 5.97 Å². The summed E-state index contributed by atoms with van der Waals surface area (Å²) in [6, 6.07) is 0. The van der Waals surface area contributed by atoms with Crippen molar-refractivity contribution in [2.45, 2.75) is 103 Å². The van der Waals surface area contributed by atoms with Crippen molar-refractivity contribution in [3.8, 4) is 0 Å². The van der Waals surface area contributed by atoms with Crippen LogP contribution >= 0.6 is 0 Å². The molecule has 1 N–H and O–H groups in total. The number of carboxylic acid groups (broad SMARTS) is 1. The smallest absolute Gasteiger partial charge is 0.303 e. The molecule has 0 amide bonds. The first-order chi connectivity index (χ1) is 11.3. The second kappa shape index (κ2) is 19.0. The molecule has 0 saturated heterocycles. The lowest BCUT2D eigenvalue weighted by Gasteiger charge is -1.98. The summed E-state index contributed by atoms with van der Waals surface area (Å²) in [5, 5.41) is 8.53. The Bertz CT molecular complexity index is 305. The predicted molar refractivity (Wildman–Crippen MR) is 101 cm³/mol. The Morgan fingerprint density at radius 2 is 1.17 bits per heavy atom. The van der Waals surface area contributed by atoms with Crippen molar-refractivity contribution in [2.75, 3.05) is 0 Å². The lowest BCUT2D eigenvalue weighted by Crippen LogP contribution is -1.93. The predicted octanol–water partition coefficient (Wildman–Crippen LogP) is 7.05. The number of aliphatic carboxylic acids is 1. The number of carboxylic acids is 1. The van der Waals surface area contributed by atoms with E-state index in [-0.39, 0.29) is 0 Å². The molecule has 0 rings (SSSR count). The Morgan fingerprint density at radius 1 is 0.696 bits per heavy atom. The zero-order valence-electron chi connectivity index (χ0n) is 15.3. The summed E-state index contributed by atoms with van der Waals surface area (Å²) < 4.78 is 0. The number of carbonyl (C=O) groups is 1. The third kappa shape index (κ3) is 21.0. The van der Waals surface area contributed by atoms with Crippen LogP contribution in [0, 0.1) is 0 Å². The van der Waals surface area contributed by atoms with Crippen molar-refractivity contribution in [3.05, 3.63) is 24.3 Å². The average Bonchev–Trinajstić information content (AvgIpc) is 2.53. The molecule has 0 aliphatic heterocycles.